The van der Waals surface area contributed by atoms with Gasteiger partial charge in [0.05, 0.1) is 6.61 Å². The van der Waals surface area contributed by atoms with E-state index in [-0.39, 0.29) is 0 Å². The number of rotatable bonds is 4. The van der Waals surface area contributed by atoms with Crippen LogP contribution in [0.25, 0.3) is 0 Å². The second-order valence-corrected chi connectivity index (χ2v) is 4.47. The summed E-state index contributed by atoms with van der Waals surface area (Å²) < 4.78 is 5.06. The van der Waals surface area contributed by atoms with Gasteiger partial charge in [-0.05, 0) is 19.9 Å². The highest BCUT2D eigenvalue weighted by molar-refractivity contribution is 4.72. The maximum atomic E-state index is 5.06. The van der Waals surface area contributed by atoms with Gasteiger partial charge in [0.15, 0.2) is 0 Å². The monoisotopic (exact) mass is 215 g/mol. The van der Waals surface area contributed by atoms with Crippen LogP contribution in [0.4, 0.5) is 0 Å². The van der Waals surface area contributed by atoms with E-state index < -0.39 is 0 Å². The van der Waals surface area contributed by atoms with Gasteiger partial charge in [-0.3, -0.25) is 0 Å². The zero-order valence-corrected chi connectivity index (χ0v) is 11.1. The molecule has 0 radical (unpaired) electrons. The molecule has 0 heterocycles. The van der Waals surface area contributed by atoms with Crippen molar-refractivity contribution in [2.45, 2.75) is 58.4 Å². The normalized spacial score (nSPS) is 17.4. The van der Waals surface area contributed by atoms with Crippen LogP contribution in [0.3, 0.4) is 0 Å². The Balaban J connectivity index is 0.000000583. The molecular formula is C13H29NO. The largest absolute Gasteiger partial charge is 0.383 e. The molecule has 0 spiro atoms. The van der Waals surface area contributed by atoms with Crippen LogP contribution in [0.5, 0.6) is 0 Å². The number of nitrogens with zero attached hydrogens (tertiary/aromatic N) is 1. The van der Waals surface area contributed by atoms with Crippen LogP contribution in [0.2, 0.25) is 0 Å². The van der Waals surface area contributed by atoms with Gasteiger partial charge < -0.3 is 9.64 Å². The first-order chi connectivity index (χ1) is 7.26. The number of hydrogen-bond donors (Lipinski definition) is 0. The third-order valence-corrected chi connectivity index (χ3v) is 2.85. The van der Waals surface area contributed by atoms with E-state index in [1.165, 1.54) is 38.5 Å². The molecular weight excluding hydrogens is 186 g/mol. The van der Waals surface area contributed by atoms with Gasteiger partial charge >= 0.3 is 0 Å². The molecule has 1 aliphatic rings. The molecule has 1 saturated carbocycles. The Bertz CT molecular complexity index is 122. The maximum Gasteiger partial charge on any atom is 0.0589 e. The predicted molar refractivity (Wildman–Crippen MR) is 67.3 cm³/mol. The number of ether oxygens (including phenoxy) is 1. The van der Waals surface area contributed by atoms with Crippen LogP contribution < -0.4 is 0 Å². The number of hydrogen-bond acceptors (Lipinski definition) is 2. The molecule has 0 aromatic heterocycles. The highest BCUT2D eigenvalue weighted by Gasteiger charge is 2.16. The standard InChI is InChI=1S/C10H21NO.C3H8/c1-11(8-9-12-2)10-6-4-3-5-7-10;1-3-2/h10H,3-9H2,1-2H3;3H2,1-2H3. The van der Waals surface area contributed by atoms with Gasteiger partial charge in [-0.25, -0.2) is 0 Å². The molecule has 1 rings (SSSR count). The van der Waals surface area contributed by atoms with Gasteiger partial charge in [-0.15, -0.1) is 0 Å². The van der Waals surface area contributed by atoms with E-state index in [0.717, 1.165) is 19.2 Å². The average molecular weight is 215 g/mol. The fraction of sp³-hybridized carbons (Fsp3) is 1.00. The molecule has 0 atom stereocenters. The Morgan fingerprint density at radius 2 is 1.67 bits per heavy atom. The van der Waals surface area contributed by atoms with Crippen molar-refractivity contribution in [1.82, 2.24) is 4.90 Å². The van der Waals surface area contributed by atoms with E-state index >= 15 is 0 Å². The second kappa shape index (κ2) is 10.4. The predicted octanol–water partition coefficient (Wildman–Crippen LogP) is 3.31. The molecule has 0 aromatic carbocycles. The van der Waals surface area contributed by atoms with Crippen molar-refractivity contribution >= 4 is 0 Å². The highest BCUT2D eigenvalue weighted by Crippen LogP contribution is 2.21. The van der Waals surface area contributed by atoms with Gasteiger partial charge in [0.1, 0.15) is 0 Å². The third kappa shape index (κ3) is 7.80. The van der Waals surface area contributed by atoms with Crippen molar-refractivity contribution in [3.8, 4) is 0 Å². The third-order valence-electron chi connectivity index (χ3n) is 2.85. The van der Waals surface area contributed by atoms with Crippen LogP contribution in [0, 0.1) is 0 Å². The van der Waals surface area contributed by atoms with Crippen molar-refractivity contribution in [3.63, 3.8) is 0 Å². The van der Waals surface area contributed by atoms with Gasteiger partial charge in [0.25, 0.3) is 0 Å². The second-order valence-electron chi connectivity index (χ2n) is 4.47. The van der Waals surface area contributed by atoms with Crippen molar-refractivity contribution in [2.75, 3.05) is 27.3 Å². The first kappa shape index (κ1) is 14.9. The molecule has 0 N–H and O–H groups in total. The molecule has 0 aromatic rings. The van der Waals surface area contributed by atoms with E-state index in [9.17, 15) is 0 Å². The molecule has 15 heavy (non-hydrogen) atoms. The summed E-state index contributed by atoms with van der Waals surface area (Å²) in [5, 5.41) is 0. The lowest BCUT2D eigenvalue weighted by Gasteiger charge is -2.30. The summed E-state index contributed by atoms with van der Waals surface area (Å²) in [6.07, 6.45) is 8.30. The summed E-state index contributed by atoms with van der Waals surface area (Å²) in [7, 11) is 3.99. The van der Waals surface area contributed by atoms with Crippen LogP contribution in [0.15, 0.2) is 0 Å². The van der Waals surface area contributed by atoms with Crippen molar-refractivity contribution in [2.24, 2.45) is 0 Å². The zero-order chi connectivity index (χ0) is 11.5. The quantitative estimate of drug-likeness (QED) is 0.713. The minimum absolute atomic E-state index is 0.828. The van der Waals surface area contributed by atoms with E-state index in [0.29, 0.717) is 0 Å². The van der Waals surface area contributed by atoms with Gasteiger partial charge in [0, 0.05) is 19.7 Å². The molecule has 0 unspecified atom stereocenters. The zero-order valence-electron chi connectivity index (χ0n) is 11.1. The fourth-order valence-electron chi connectivity index (χ4n) is 1.94. The Morgan fingerprint density at radius 1 is 1.13 bits per heavy atom. The van der Waals surface area contributed by atoms with Gasteiger partial charge in [0.2, 0.25) is 0 Å². The summed E-state index contributed by atoms with van der Waals surface area (Å²) in [5.41, 5.74) is 0. The van der Waals surface area contributed by atoms with E-state index in [1.54, 1.807) is 7.11 Å². The topological polar surface area (TPSA) is 12.5 Å². The first-order valence-electron chi connectivity index (χ1n) is 6.45. The molecule has 1 aliphatic carbocycles. The molecule has 0 aliphatic heterocycles. The Kier molecular flexibility index (Phi) is 10.4. The average Bonchev–Trinajstić information content (AvgIpc) is 2.28. The Morgan fingerprint density at radius 3 is 2.13 bits per heavy atom. The maximum absolute atomic E-state index is 5.06. The molecule has 92 valence electrons. The minimum atomic E-state index is 0.828. The van der Waals surface area contributed by atoms with Crippen LogP contribution >= 0.6 is 0 Å². The molecule has 2 heteroatoms. The fourth-order valence-corrected chi connectivity index (χ4v) is 1.94. The molecule has 2 nitrogen and oxygen atoms in total. The van der Waals surface area contributed by atoms with Crippen LogP contribution in [-0.4, -0.2) is 38.3 Å². The van der Waals surface area contributed by atoms with E-state index in [2.05, 4.69) is 25.8 Å². The Labute approximate surface area is 96.0 Å². The van der Waals surface area contributed by atoms with Crippen molar-refractivity contribution < 1.29 is 4.74 Å². The van der Waals surface area contributed by atoms with E-state index in [4.69, 9.17) is 4.74 Å². The Hall–Kier alpha value is -0.0800. The summed E-state index contributed by atoms with van der Waals surface area (Å²) in [4.78, 5) is 2.45. The highest BCUT2D eigenvalue weighted by atomic mass is 16.5. The smallest absolute Gasteiger partial charge is 0.0589 e. The van der Waals surface area contributed by atoms with Crippen molar-refractivity contribution in [3.05, 3.63) is 0 Å². The molecule has 0 saturated heterocycles. The number of methoxy groups -OCH3 is 1. The molecule has 0 bridgehead atoms. The van der Waals surface area contributed by atoms with Gasteiger partial charge in [-0.1, -0.05) is 39.5 Å². The summed E-state index contributed by atoms with van der Waals surface area (Å²) in [6.45, 7) is 6.20. The SMILES string of the molecule is CCC.COCCN(C)C1CCCCC1. The van der Waals surface area contributed by atoms with Crippen LogP contribution in [-0.2, 0) is 4.74 Å². The van der Waals surface area contributed by atoms with Crippen LogP contribution in [0.1, 0.15) is 52.4 Å². The van der Waals surface area contributed by atoms with E-state index in [1.807, 2.05) is 0 Å². The van der Waals surface area contributed by atoms with Crippen molar-refractivity contribution in [1.29, 1.82) is 0 Å². The lowest BCUT2D eigenvalue weighted by molar-refractivity contribution is 0.123. The van der Waals surface area contributed by atoms with Gasteiger partial charge in [-0.2, -0.15) is 0 Å². The molecule has 1 fully saturated rings. The molecule has 0 amide bonds. The summed E-state index contributed by atoms with van der Waals surface area (Å²) >= 11 is 0. The lowest BCUT2D eigenvalue weighted by Crippen LogP contribution is -2.35. The lowest BCUT2D eigenvalue weighted by atomic mass is 9.94. The number of likely N-dealkylation sites (N-methyl/N-ethyl adjacent to an activating group) is 1. The first-order valence-corrected chi connectivity index (χ1v) is 6.45. The summed E-state index contributed by atoms with van der Waals surface area (Å²) in [6, 6.07) is 0.828. The minimum Gasteiger partial charge on any atom is -0.383 e. The summed E-state index contributed by atoms with van der Waals surface area (Å²) in [5.74, 6) is 0.